The van der Waals surface area contributed by atoms with Crippen molar-refractivity contribution in [3.8, 4) is 22.6 Å². The van der Waals surface area contributed by atoms with Gasteiger partial charge in [-0.05, 0) is 88.9 Å². The van der Waals surface area contributed by atoms with E-state index in [0.29, 0.717) is 0 Å². The standard InChI is InChI=1S/C39H31N3/c1-3-15-31-26(9-1)11-5-18-34(31)36-25-37(35-19-6-12-27-10-2-4-16-32(27)35)42-39(41-36)30-22-20-28(21-23-30)33-17-7-13-29-14-8-24-40-38(29)33/h1-3,6,8-12,14-15,17,19-25H,4-5,7,13,16,18H2. The first kappa shape index (κ1) is 24.9. The minimum Gasteiger partial charge on any atom is -0.256 e. The van der Waals surface area contributed by atoms with Gasteiger partial charge in [0.2, 0.25) is 0 Å². The molecule has 0 aliphatic heterocycles. The summed E-state index contributed by atoms with van der Waals surface area (Å²) in [6.07, 6.45) is 17.2. The van der Waals surface area contributed by atoms with Crippen LogP contribution < -0.4 is 10.4 Å². The van der Waals surface area contributed by atoms with Gasteiger partial charge in [-0.15, -0.1) is 0 Å². The summed E-state index contributed by atoms with van der Waals surface area (Å²) in [6, 6.07) is 30.5. The van der Waals surface area contributed by atoms with Gasteiger partial charge in [0, 0.05) is 22.9 Å². The first-order chi connectivity index (χ1) is 20.8. The summed E-state index contributed by atoms with van der Waals surface area (Å²) in [5.74, 6) is 0.772. The van der Waals surface area contributed by atoms with Crippen LogP contribution in [0.25, 0.3) is 45.9 Å². The molecule has 0 saturated carbocycles. The minimum absolute atomic E-state index is 0.772. The van der Waals surface area contributed by atoms with E-state index in [1.165, 1.54) is 49.4 Å². The summed E-state index contributed by atoms with van der Waals surface area (Å²) in [5, 5.41) is 2.57. The van der Waals surface area contributed by atoms with Crippen molar-refractivity contribution >= 4 is 23.3 Å². The number of allylic oxidation sites excluding steroid dienone is 2. The molecular weight excluding hydrogens is 510 g/mol. The molecule has 3 aliphatic rings. The van der Waals surface area contributed by atoms with Gasteiger partial charge >= 0.3 is 0 Å². The number of benzene rings is 3. The van der Waals surface area contributed by atoms with Crippen molar-refractivity contribution < 1.29 is 0 Å². The zero-order valence-electron chi connectivity index (χ0n) is 23.6. The highest BCUT2D eigenvalue weighted by atomic mass is 14.9. The van der Waals surface area contributed by atoms with Gasteiger partial charge in [-0.25, -0.2) is 9.97 Å². The van der Waals surface area contributed by atoms with Crippen LogP contribution in [0.15, 0.2) is 103 Å². The van der Waals surface area contributed by atoms with Crippen molar-refractivity contribution in [2.45, 2.75) is 38.5 Å². The molecule has 3 heteroatoms. The van der Waals surface area contributed by atoms with Crippen LogP contribution in [0, 0.1) is 0 Å². The fourth-order valence-corrected chi connectivity index (χ4v) is 6.71. The van der Waals surface area contributed by atoms with Crippen LogP contribution in [0.1, 0.15) is 59.3 Å². The van der Waals surface area contributed by atoms with Gasteiger partial charge in [-0.2, -0.15) is 0 Å². The Morgan fingerprint density at radius 3 is 2.45 bits per heavy atom. The van der Waals surface area contributed by atoms with E-state index in [9.17, 15) is 0 Å². The number of hydrogen-bond acceptors (Lipinski definition) is 3. The Morgan fingerprint density at radius 1 is 0.643 bits per heavy atom. The van der Waals surface area contributed by atoms with E-state index in [-0.39, 0.29) is 0 Å². The van der Waals surface area contributed by atoms with Gasteiger partial charge in [0.15, 0.2) is 5.82 Å². The molecule has 0 spiro atoms. The number of aryl methyl sites for hydroxylation is 1. The van der Waals surface area contributed by atoms with Crippen molar-refractivity contribution in [1.82, 2.24) is 15.0 Å². The molecule has 0 unspecified atom stereocenters. The van der Waals surface area contributed by atoms with Crippen LogP contribution in [0.2, 0.25) is 0 Å². The van der Waals surface area contributed by atoms with E-state index >= 15 is 0 Å². The third kappa shape index (κ3) is 4.42. The van der Waals surface area contributed by atoms with Crippen LogP contribution in [-0.2, 0) is 12.8 Å². The van der Waals surface area contributed by atoms with E-state index in [0.717, 1.165) is 67.0 Å². The molecule has 0 bridgehead atoms. The molecule has 0 saturated heterocycles. The average molecular weight is 542 g/mol. The van der Waals surface area contributed by atoms with Crippen LogP contribution in [0.3, 0.4) is 0 Å². The number of aromatic nitrogens is 3. The van der Waals surface area contributed by atoms with Crippen molar-refractivity contribution in [2.24, 2.45) is 0 Å². The lowest BCUT2D eigenvalue weighted by Gasteiger charge is -2.18. The summed E-state index contributed by atoms with van der Waals surface area (Å²) < 4.78 is 0. The maximum Gasteiger partial charge on any atom is 0.160 e. The average Bonchev–Trinajstić information content (AvgIpc) is 3.07. The Bertz CT molecular complexity index is 2030. The van der Waals surface area contributed by atoms with Gasteiger partial charge in [0.25, 0.3) is 0 Å². The molecule has 5 aromatic rings. The summed E-state index contributed by atoms with van der Waals surface area (Å²) in [7, 11) is 0. The predicted molar refractivity (Wildman–Crippen MR) is 172 cm³/mol. The first-order valence-electron chi connectivity index (χ1n) is 15.0. The largest absolute Gasteiger partial charge is 0.256 e. The van der Waals surface area contributed by atoms with Gasteiger partial charge in [0.1, 0.15) is 0 Å². The quantitative estimate of drug-likeness (QED) is 0.239. The van der Waals surface area contributed by atoms with Crippen LogP contribution in [-0.4, -0.2) is 15.0 Å². The number of pyridine rings is 1. The summed E-state index contributed by atoms with van der Waals surface area (Å²) in [4.78, 5) is 15.2. The van der Waals surface area contributed by atoms with E-state index in [2.05, 4.69) is 103 Å². The zero-order valence-corrected chi connectivity index (χ0v) is 23.6. The summed E-state index contributed by atoms with van der Waals surface area (Å²) in [6.45, 7) is 0. The number of fused-ring (bicyclic) bond motifs is 3. The van der Waals surface area contributed by atoms with E-state index in [1.807, 2.05) is 12.3 Å². The Balaban J connectivity index is 1.28. The van der Waals surface area contributed by atoms with Gasteiger partial charge in [-0.1, -0.05) is 97.1 Å². The third-order valence-electron chi connectivity index (χ3n) is 8.79. The predicted octanol–water partition coefficient (Wildman–Crippen LogP) is 7.32. The third-order valence-corrected chi connectivity index (χ3v) is 8.79. The van der Waals surface area contributed by atoms with Crippen molar-refractivity contribution in [3.05, 3.63) is 147 Å². The molecule has 0 fully saturated rings. The van der Waals surface area contributed by atoms with Crippen molar-refractivity contribution in [3.63, 3.8) is 0 Å². The second kappa shape index (κ2) is 10.5. The molecule has 0 radical (unpaired) electrons. The summed E-state index contributed by atoms with van der Waals surface area (Å²) in [5.41, 5.74) is 13.1. The lowest BCUT2D eigenvalue weighted by Crippen LogP contribution is -2.29. The fraction of sp³-hybridized carbons (Fsp3) is 0.154. The molecule has 3 nitrogen and oxygen atoms in total. The highest BCUT2D eigenvalue weighted by Gasteiger charge is 2.19. The number of nitrogens with zero attached hydrogens (tertiary/aromatic N) is 3. The lowest BCUT2D eigenvalue weighted by molar-refractivity contribution is 0.955. The van der Waals surface area contributed by atoms with Gasteiger partial charge < -0.3 is 0 Å². The van der Waals surface area contributed by atoms with Crippen molar-refractivity contribution in [1.29, 1.82) is 0 Å². The topological polar surface area (TPSA) is 38.7 Å². The van der Waals surface area contributed by atoms with Crippen molar-refractivity contribution in [2.75, 3.05) is 0 Å². The minimum atomic E-state index is 0.772. The van der Waals surface area contributed by atoms with E-state index < -0.39 is 0 Å². The molecule has 2 heterocycles. The molecule has 0 atom stereocenters. The Morgan fingerprint density at radius 2 is 1.50 bits per heavy atom. The molecule has 0 N–H and O–H groups in total. The molecule has 42 heavy (non-hydrogen) atoms. The Kier molecular flexibility index (Phi) is 6.22. The van der Waals surface area contributed by atoms with Gasteiger partial charge in [0.05, 0.1) is 17.1 Å². The lowest BCUT2D eigenvalue weighted by atomic mass is 9.90. The number of hydrogen-bond donors (Lipinski definition) is 0. The van der Waals surface area contributed by atoms with Gasteiger partial charge in [-0.3, -0.25) is 4.98 Å². The second-order valence-corrected chi connectivity index (χ2v) is 11.3. The monoisotopic (exact) mass is 541 g/mol. The molecule has 3 aromatic carbocycles. The van der Waals surface area contributed by atoms with E-state index in [1.54, 1.807) is 0 Å². The van der Waals surface area contributed by atoms with E-state index in [4.69, 9.17) is 15.0 Å². The number of rotatable bonds is 4. The maximum absolute atomic E-state index is 5.24. The zero-order chi connectivity index (χ0) is 27.9. The molecule has 2 aromatic heterocycles. The Labute approximate surface area is 246 Å². The Hall–Kier alpha value is -4.89. The van der Waals surface area contributed by atoms with Crippen LogP contribution in [0.4, 0.5) is 0 Å². The second-order valence-electron chi connectivity index (χ2n) is 11.3. The highest BCUT2D eigenvalue weighted by Crippen LogP contribution is 2.34. The molecule has 8 rings (SSSR count). The normalized spacial score (nSPS) is 15.2. The first-order valence-corrected chi connectivity index (χ1v) is 15.0. The maximum atomic E-state index is 5.24. The highest BCUT2D eigenvalue weighted by molar-refractivity contribution is 5.82. The smallest absolute Gasteiger partial charge is 0.160 e. The molecule has 0 amide bonds. The van der Waals surface area contributed by atoms with Crippen LogP contribution in [0.5, 0.6) is 0 Å². The van der Waals surface area contributed by atoms with Crippen LogP contribution >= 0.6 is 0 Å². The summed E-state index contributed by atoms with van der Waals surface area (Å²) >= 11 is 0. The molecule has 3 aliphatic carbocycles. The molecular formula is C39H31N3. The fourth-order valence-electron chi connectivity index (χ4n) is 6.71. The SMILES string of the molecule is C1=Cc2cccc(-c3cc(C4=c5ccccc5=CCC4)nc(-c4ccc(C5=CCCc6cccnc65)cc4)n3)c2CC1. The molecule has 202 valence electrons.